The van der Waals surface area contributed by atoms with Crippen molar-refractivity contribution in [3.05, 3.63) is 69.8 Å². The summed E-state index contributed by atoms with van der Waals surface area (Å²) in [6.45, 7) is -0.0641. The summed E-state index contributed by atoms with van der Waals surface area (Å²) in [6, 6.07) is 11.6. The van der Waals surface area contributed by atoms with E-state index < -0.39 is 16.8 Å². The van der Waals surface area contributed by atoms with Crippen molar-refractivity contribution < 1.29 is 24.4 Å². The maximum atomic E-state index is 11.7. The number of nitrogens with one attached hydrogen (secondary N) is 1. The molecule has 0 bridgehead atoms. The molecule has 8 nitrogen and oxygen atoms in total. The average Bonchev–Trinajstić information content (AvgIpc) is 2.58. The minimum absolute atomic E-state index is 0.119. The number of benzene rings is 2. The second-order valence-electron chi connectivity index (χ2n) is 4.82. The predicted molar refractivity (Wildman–Crippen MR) is 83.8 cm³/mol. The van der Waals surface area contributed by atoms with Gasteiger partial charge in [0.2, 0.25) is 0 Å². The third-order valence-electron chi connectivity index (χ3n) is 3.09. The second kappa shape index (κ2) is 7.73. The topological polar surface area (TPSA) is 119 Å². The van der Waals surface area contributed by atoms with Crippen LogP contribution in [0, 0.1) is 10.1 Å². The summed E-state index contributed by atoms with van der Waals surface area (Å²) in [4.78, 5) is 32.6. The lowest BCUT2D eigenvalue weighted by molar-refractivity contribution is -0.384. The molecule has 2 aromatic rings. The summed E-state index contributed by atoms with van der Waals surface area (Å²) >= 11 is 0. The fourth-order valence-corrected chi connectivity index (χ4v) is 1.85. The number of nitro groups is 1. The van der Waals surface area contributed by atoms with Crippen molar-refractivity contribution in [1.29, 1.82) is 0 Å². The SMILES string of the molecule is O=C(COc1cccc([N+](=O)[O-])c1)NCc1ccc(C(=O)O)cc1. The van der Waals surface area contributed by atoms with Crippen LogP contribution in [0.25, 0.3) is 0 Å². The van der Waals surface area contributed by atoms with Gasteiger partial charge < -0.3 is 15.2 Å². The van der Waals surface area contributed by atoms with E-state index in [0.29, 0.717) is 0 Å². The molecule has 0 aliphatic rings. The number of aromatic carboxylic acids is 1. The zero-order valence-electron chi connectivity index (χ0n) is 12.5. The Hall–Kier alpha value is -3.42. The van der Waals surface area contributed by atoms with Gasteiger partial charge in [-0.2, -0.15) is 0 Å². The third kappa shape index (κ3) is 4.80. The molecule has 0 saturated carbocycles. The number of rotatable bonds is 7. The van der Waals surface area contributed by atoms with Gasteiger partial charge in [0.05, 0.1) is 16.6 Å². The molecule has 24 heavy (non-hydrogen) atoms. The fraction of sp³-hybridized carbons (Fsp3) is 0.125. The van der Waals surface area contributed by atoms with Crippen LogP contribution in [0.1, 0.15) is 15.9 Å². The molecule has 0 radical (unpaired) electrons. The van der Waals surface area contributed by atoms with Gasteiger partial charge >= 0.3 is 5.97 Å². The van der Waals surface area contributed by atoms with Gasteiger partial charge in [-0.3, -0.25) is 14.9 Å². The number of amides is 1. The van der Waals surface area contributed by atoms with Crippen molar-refractivity contribution in [2.75, 3.05) is 6.61 Å². The highest BCUT2D eigenvalue weighted by molar-refractivity contribution is 5.87. The standard InChI is InChI=1S/C16H14N2O6/c19-15(10-24-14-3-1-2-13(8-14)18(22)23)17-9-11-4-6-12(7-5-11)16(20)21/h1-8H,9-10H2,(H,17,19)(H,20,21). The van der Waals surface area contributed by atoms with E-state index >= 15 is 0 Å². The van der Waals surface area contributed by atoms with Crippen molar-refractivity contribution in [2.45, 2.75) is 6.54 Å². The summed E-state index contributed by atoms with van der Waals surface area (Å²) in [5.74, 6) is -1.19. The van der Waals surface area contributed by atoms with Crippen molar-refractivity contribution in [2.24, 2.45) is 0 Å². The number of ether oxygens (including phenoxy) is 1. The van der Waals surface area contributed by atoms with E-state index in [9.17, 15) is 19.7 Å². The average molecular weight is 330 g/mol. The summed E-state index contributed by atoms with van der Waals surface area (Å²) < 4.78 is 5.20. The fourth-order valence-electron chi connectivity index (χ4n) is 1.85. The Labute approximate surface area is 136 Å². The Kier molecular flexibility index (Phi) is 5.45. The zero-order chi connectivity index (χ0) is 17.5. The van der Waals surface area contributed by atoms with Gasteiger partial charge in [0.25, 0.3) is 11.6 Å². The molecule has 0 spiro atoms. The molecule has 0 heterocycles. The normalized spacial score (nSPS) is 10.0. The Balaban J connectivity index is 1.82. The van der Waals surface area contributed by atoms with E-state index in [1.807, 2.05) is 0 Å². The molecule has 2 aromatic carbocycles. The largest absolute Gasteiger partial charge is 0.484 e. The van der Waals surface area contributed by atoms with Crippen molar-refractivity contribution in [1.82, 2.24) is 5.32 Å². The van der Waals surface area contributed by atoms with E-state index in [-0.39, 0.29) is 30.2 Å². The van der Waals surface area contributed by atoms with Gasteiger partial charge in [-0.1, -0.05) is 18.2 Å². The van der Waals surface area contributed by atoms with E-state index in [0.717, 1.165) is 5.56 Å². The zero-order valence-corrected chi connectivity index (χ0v) is 12.5. The number of carboxylic acid groups (broad SMARTS) is 1. The number of carbonyl (C=O) groups excluding carboxylic acids is 1. The van der Waals surface area contributed by atoms with Gasteiger partial charge in [-0.25, -0.2) is 4.79 Å². The summed E-state index contributed by atoms with van der Waals surface area (Å²) in [7, 11) is 0. The molecule has 2 N–H and O–H groups in total. The monoisotopic (exact) mass is 330 g/mol. The van der Waals surface area contributed by atoms with Crippen LogP contribution in [-0.2, 0) is 11.3 Å². The Morgan fingerprint density at radius 2 is 1.88 bits per heavy atom. The molecule has 0 aliphatic carbocycles. The molecule has 2 rings (SSSR count). The van der Waals surface area contributed by atoms with Gasteiger partial charge in [-0.15, -0.1) is 0 Å². The molecule has 1 amide bonds. The molecule has 0 fully saturated rings. The second-order valence-corrected chi connectivity index (χ2v) is 4.82. The summed E-state index contributed by atoms with van der Waals surface area (Å²) in [5.41, 5.74) is 0.786. The first-order chi connectivity index (χ1) is 11.5. The van der Waals surface area contributed by atoms with Gasteiger partial charge in [-0.05, 0) is 23.8 Å². The lowest BCUT2D eigenvalue weighted by Gasteiger charge is -2.08. The van der Waals surface area contributed by atoms with Gasteiger partial charge in [0.1, 0.15) is 5.75 Å². The van der Waals surface area contributed by atoms with Crippen LogP contribution in [0.2, 0.25) is 0 Å². The lowest BCUT2D eigenvalue weighted by Crippen LogP contribution is -2.28. The van der Waals surface area contributed by atoms with E-state index in [2.05, 4.69) is 5.32 Å². The number of nitro benzene ring substituents is 1. The maximum absolute atomic E-state index is 11.7. The van der Waals surface area contributed by atoms with Crippen LogP contribution >= 0.6 is 0 Å². The van der Waals surface area contributed by atoms with Crippen LogP contribution in [0.5, 0.6) is 5.75 Å². The first kappa shape index (κ1) is 16.9. The van der Waals surface area contributed by atoms with E-state index in [1.54, 1.807) is 12.1 Å². The Morgan fingerprint density at radius 1 is 1.17 bits per heavy atom. The number of non-ortho nitro benzene ring substituents is 1. The third-order valence-corrected chi connectivity index (χ3v) is 3.09. The first-order valence-electron chi connectivity index (χ1n) is 6.92. The smallest absolute Gasteiger partial charge is 0.335 e. The van der Waals surface area contributed by atoms with Crippen molar-refractivity contribution >= 4 is 17.6 Å². The number of nitrogens with zero attached hydrogens (tertiary/aromatic N) is 1. The molecule has 0 unspecified atom stereocenters. The lowest BCUT2D eigenvalue weighted by atomic mass is 10.1. The van der Waals surface area contributed by atoms with Crippen molar-refractivity contribution in [3.63, 3.8) is 0 Å². The molecular formula is C16H14N2O6. The van der Waals surface area contributed by atoms with Crippen LogP contribution in [0.15, 0.2) is 48.5 Å². The van der Waals surface area contributed by atoms with Crippen LogP contribution in [0.4, 0.5) is 5.69 Å². The molecule has 0 saturated heterocycles. The van der Waals surface area contributed by atoms with E-state index in [4.69, 9.17) is 9.84 Å². The minimum Gasteiger partial charge on any atom is -0.484 e. The number of hydrogen-bond donors (Lipinski definition) is 2. The van der Waals surface area contributed by atoms with E-state index in [1.165, 1.54) is 36.4 Å². The summed E-state index contributed by atoms with van der Waals surface area (Å²) in [6.07, 6.45) is 0. The molecule has 124 valence electrons. The number of hydrogen-bond acceptors (Lipinski definition) is 5. The van der Waals surface area contributed by atoms with Gasteiger partial charge in [0, 0.05) is 12.6 Å². The quantitative estimate of drug-likeness (QED) is 0.592. The molecule has 0 aromatic heterocycles. The maximum Gasteiger partial charge on any atom is 0.335 e. The highest BCUT2D eigenvalue weighted by Gasteiger charge is 2.08. The molecule has 0 aliphatic heterocycles. The molecule has 0 atom stereocenters. The minimum atomic E-state index is -1.02. The first-order valence-corrected chi connectivity index (χ1v) is 6.92. The van der Waals surface area contributed by atoms with Gasteiger partial charge in [0.15, 0.2) is 6.61 Å². The predicted octanol–water partition coefficient (Wildman–Crippen LogP) is 1.99. The Morgan fingerprint density at radius 3 is 2.50 bits per heavy atom. The van der Waals surface area contributed by atoms with Crippen LogP contribution in [-0.4, -0.2) is 28.5 Å². The highest BCUT2D eigenvalue weighted by atomic mass is 16.6. The highest BCUT2D eigenvalue weighted by Crippen LogP contribution is 2.18. The number of carboxylic acids is 1. The number of carbonyl (C=O) groups is 2. The Bertz CT molecular complexity index is 757. The van der Waals surface area contributed by atoms with Crippen LogP contribution < -0.4 is 10.1 Å². The van der Waals surface area contributed by atoms with Crippen LogP contribution in [0.3, 0.4) is 0 Å². The molecular weight excluding hydrogens is 316 g/mol. The molecule has 8 heteroatoms. The summed E-state index contributed by atoms with van der Waals surface area (Å²) in [5, 5.41) is 22.1. The van der Waals surface area contributed by atoms with Crippen molar-refractivity contribution in [3.8, 4) is 5.75 Å².